The van der Waals surface area contributed by atoms with Crippen LogP contribution in [0, 0.1) is 5.82 Å². The van der Waals surface area contributed by atoms with E-state index in [1.807, 2.05) is 49.5 Å². The number of aryl methyl sites for hydroxylation is 1. The summed E-state index contributed by atoms with van der Waals surface area (Å²) in [7, 11) is 1.83. The fourth-order valence-electron chi connectivity index (χ4n) is 3.17. The zero-order valence-electron chi connectivity index (χ0n) is 15.5. The molecule has 2 heterocycles. The van der Waals surface area contributed by atoms with Crippen molar-refractivity contribution in [2.75, 3.05) is 13.6 Å². The zero-order valence-corrected chi connectivity index (χ0v) is 16.3. The van der Waals surface area contributed by atoms with Gasteiger partial charge in [0.15, 0.2) is 0 Å². The summed E-state index contributed by atoms with van der Waals surface area (Å²) in [5, 5.41) is 8.37. The first-order chi connectivity index (χ1) is 13.6. The van der Waals surface area contributed by atoms with Crippen LogP contribution in [0.4, 0.5) is 4.39 Å². The van der Waals surface area contributed by atoms with Crippen molar-refractivity contribution in [3.8, 4) is 11.3 Å². The molecule has 0 bridgehead atoms. The van der Waals surface area contributed by atoms with Crippen molar-refractivity contribution < 1.29 is 9.18 Å². The van der Waals surface area contributed by atoms with Gasteiger partial charge in [-0.15, -0.1) is 11.3 Å². The third-order valence-corrected chi connectivity index (χ3v) is 5.78. The maximum absolute atomic E-state index is 13.4. The lowest BCUT2D eigenvalue weighted by Crippen LogP contribution is -2.27. The van der Waals surface area contributed by atoms with E-state index in [0.29, 0.717) is 6.54 Å². The van der Waals surface area contributed by atoms with E-state index in [9.17, 15) is 9.18 Å². The average molecular weight is 393 g/mol. The van der Waals surface area contributed by atoms with Crippen LogP contribution >= 0.6 is 11.3 Å². The zero-order chi connectivity index (χ0) is 19.5. The van der Waals surface area contributed by atoms with Gasteiger partial charge in [-0.2, -0.15) is 5.10 Å². The Balaban J connectivity index is 1.34. The van der Waals surface area contributed by atoms with Gasteiger partial charge < -0.3 is 4.90 Å². The van der Waals surface area contributed by atoms with E-state index in [1.165, 1.54) is 23.5 Å². The molecule has 0 saturated carbocycles. The summed E-state index contributed by atoms with van der Waals surface area (Å²) in [6.45, 7) is 0.654. The largest absolute Gasteiger partial charge is 0.341 e. The molecule has 0 atom stereocenters. The first kappa shape index (κ1) is 18.4. The SMILES string of the molecule is CN(CCCc1cc(-c2cccc(F)c2)n[nH]1)C(=O)c1cc2ccccc2s1. The van der Waals surface area contributed by atoms with E-state index in [-0.39, 0.29) is 11.7 Å². The highest BCUT2D eigenvalue weighted by Gasteiger charge is 2.15. The number of aromatic amines is 1. The van der Waals surface area contributed by atoms with E-state index >= 15 is 0 Å². The lowest BCUT2D eigenvalue weighted by molar-refractivity contribution is 0.0798. The van der Waals surface area contributed by atoms with Crippen LogP contribution in [0.2, 0.25) is 0 Å². The highest BCUT2D eigenvalue weighted by atomic mass is 32.1. The Morgan fingerprint density at radius 2 is 2.00 bits per heavy atom. The summed E-state index contributed by atoms with van der Waals surface area (Å²) in [5.41, 5.74) is 2.45. The molecule has 0 aliphatic rings. The standard InChI is InChI=1S/C22H20FN3OS/c1-26(22(27)21-13-16-6-2-3-10-20(16)28-21)11-5-9-18-14-19(25-24-18)15-7-4-8-17(23)12-15/h2-4,6-8,10,12-14H,5,9,11H2,1H3,(H,24,25). The fraction of sp³-hybridized carbons (Fsp3) is 0.182. The molecule has 0 fully saturated rings. The highest BCUT2D eigenvalue weighted by Crippen LogP contribution is 2.26. The van der Waals surface area contributed by atoms with Crippen LogP contribution in [0.25, 0.3) is 21.3 Å². The lowest BCUT2D eigenvalue weighted by atomic mass is 10.1. The monoisotopic (exact) mass is 393 g/mol. The molecule has 4 aromatic rings. The van der Waals surface area contributed by atoms with Crippen molar-refractivity contribution in [1.29, 1.82) is 0 Å². The van der Waals surface area contributed by atoms with Gasteiger partial charge in [-0.1, -0.05) is 30.3 Å². The van der Waals surface area contributed by atoms with Gasteiger partial charge in [-0.05, 0) is 48.6 Å². The van der Waals surface area contributed by atoms with Gasteiger partial charge in [0.2, 0.25) is 0 Å². The summed E-state index contributed by atoms with van der Waals surface area (Å²) in [6.07, 6.45) is 1.59. The summed E-state index contributed by atoms with van der Waals surface area (Å²) in [4.78, 5) is 15.2. The molecule has 1 N–H and O–H groups in total. The van der Waals surface area contributed by atoms with E-state index in [4.69, 9.17) is 0 Å². The van der Waals surface area contributed by atoms with Crippen LogP contribution in [-0.2, 0) is 6.42 Å². The minimum absolute atomic E-state index is 0.0475. The second-order valence-electron chi connectivity index (χ2n) is 6.77. The van der Waals surface area contributed by atoms with Gasteiger partial charge in [0.1, 0.15) is 5.82 Å². The molecule has 0 aliphatic carbocycles. The molecule has 0 radical (unpaired) electrons. The number of nitrogens with one attached hydrogen (secondary N) is 1. The number of benzene rings is 2. The summed E-state index contributed by atoms with van der Waals surface area (Å²) < 4.78 is 14.5. The minimum Gasteiger partial charge on any atom is -0.341 e. The number of nitrogens with zero attached hydrogens (tertiary/aromatic N) is 2. The summed E-state index contributed by atoms with van der Waals surface area (Å²) >= 11 is 1.53. The Morgan fingerprint density at radius 3 is 2.82 bits per heavy atom. The predicted molar refractivity (Wildman–Crippen MR) is 111 cm³/mol. The Kier molecular flexibility index (Phi) is 5.21. The molecule has 2 aromatic heterocycles. The van der Waals surface area contributed by atoms with E-state index in [2.05, 4.69) is 10.2 Å². The molecular weight excluding hydrogens is 373 g/mol. The molecule has 0 unspecified atom stereocenters. The molecule has 0 spiro atoms. The normalized spacial score (nSPS) is 11.1. The van der Waals surface area contributed by atoms with Crippen molar-refractivity contribution in [3.05, 3.63) is 77.1 Å². The number of hydrogen-bond donors (Lipinski definition) is 1. The van der Waals surface area contributed by atoms with Crippen LogP contribution < -0.4 is 0 Å². The van der Waals surface area contributed by atoms with Gasteiger partial charge in [0.05, 0.1) is 10.6 Å². The average Bonchev–Trinajstić information content (AvgIpc) is 3.34. The van der Waals surface area contributed by atoms with Crippen molar-refractivity contribution in [2.45, 2.75) is 12.8 Å². The van der Waals surface area contributed by atoms with Crippen LogP contribution in [0.1, 0.15) is 21.8 Å². The summed E-state index contributed by atoms with van der Waals surface area (Å²) in [6, 6.07) is 18.3. The quantitative estimate of drug-likeness (QED) is 0.493. The molecular formula is C22H20FN3OS. The molecule has 4 rings (SSSR count). The number of halogens is 1. The molecule has 28 heavy (non-hydrogen) atoms. The number of fused-ring (bicyclic) bond motifs is 1. The number of carbonyl (C=O) groups excluding carboxylic acids is 1. The molecule has 2 aromatic carbocycles. The maximum Gasteiger partial charge on any atom is 0.263 e. The van der Waals surface area contributed by atoms with Gasteiger partial charge in [-0.25, -0.2) is 4.39 Å². The van der Waals surface area contributed by atoms with E-state index < -0.39 is 0 Å². The Hall–Kier alpha value is -2.99. The number of amides is 1. The van der Waals surface area contributed by atoms with Crippen molar-refractivity contribution in [2.24, 2.45) is 0 Å². The third kappa shape index (κ3) is 3.97. The first-order valence-electron chi connectivity index (χ1n) is 9.14. The van der Waals surface area contributed by atoms with Crippen LogP contribution in [0.3, 0.4) is 0 Å². The molecule has 142 valence electrons. The van der Waals surface area contributed by atoms with Crippen molar-refractivity contribution in [1.82, 2.24) is 15.1 Å². The maximum atomic E-state index is 13.4. The highest BCUT2D eigenvalue weighted by molar-refractivity contribution is 7.20. The van der Waals surface area contributed by atoms with Gasteiger partial charge in [-0.3, -0.25) is 9.89 Å². The Bertz CT molecular complexity index is 1080. The van der Waals surface area contributed by atoms with E-state index in [1.54, 1.807) is 11.0 Å². The number of H-pyrrole nitrogens is 1. The number of carbonyl (C=O) groups is 1. The van der Waals surface area contributed by atoms with Crippen LogP contribution in [0.5, 0.6) is 0 Å². The van der Waals surface area contributed by atoms with Crippen molar-refractivity contribution in [3.63, 3.8) is 0 Å². The fourth-order valence-corrected chi connectivity index (χ4v) is 4.23. The molecule has 0 saturated heterocycles. The first-order valence-corrected chi connectivity index (χ1v) is 9.96. The van der Waals surface area contributed by atoms with Gasteiger partial charge in [0, 0.05) is 29.5 Å². The number of hydrogen-bond acceptors (Lipinski definition) is 3. The van der Waals surface area contributed by atoms with Gasteiger partial charge in [0.25, 0.3) is 5.91 Å². The molecule has 6 heteroatoms. The molecule has 0 aliphatic heterocycles. The Morgan fingerprint density at radius 1 is 1.14 bits per heavy atom. The number of aromatic nitrogens is 2. The lowest BCUT2D eigenvalue weighted by Gasteiger charge is -2.15. The van der Waals surface area contributed by atoms with Crippen molar-refractivity contribution >= 4 is 27.3 Å². The second-order valence-corrected chi connectivity index (χ2v) is 7.85. The van der Waals surface area contributed by atoms with Crippen LogP contribution in [-0.4, -0.2) is 34.6 Å². The third-order valence-electron chi connectivity index (χ3n) is 4.67. The van der Waals surface area contributed by atoms with Gasteiger partial charge >= 0.3 is 0 Å². The molecule has 1 amide bonds. The summed E-state index contributed by atoms with van der Waals surface area (Å²) in [5.74, 6) is -0.227. The molecule has 4 nitrogen and oxygen atoms in total. The smallest absolute Gasteiger partial charge is 0.263 e. The number of thiophene rings is 1. The minimum atomic E-state index is -0.275. The predicted octanol–water partition coefficient (Wildman–Crippen LogP) is 5.14. The Labute approximate surface area is 166 Å². The number of rotatable bonds is 6. The topological polar surface area (TPSA) is 49.0 Å². The van der Waals surface area contributed by atoms with E-state index in [0.717, 1.165) is 44.8 Å². The second kappa shape index (κ2) is 7.94. The van der Waals surface area contributed by atoms with Crippen LogP contribution in [0.15, 0.2) is 60.7 Å².